The van der Waals surface area contributed by atoms with Crippen molar-refractivity contribution in [1.29, 1.82) is 0 Å². The standard InChI is InChI=1S/C23H24ClNO2/c1-17-9-11-18(12-10-17)14-25-15-20-6-4-8-22(26-2)23(20)27-16-19-5-3-7-21(24)13-19/h3-13,25H,14-16H2,1-2H3. The highest BCUT2D eigenvalue weighted by Crippen LogP contribution is 2.32. The quantitative estimate of drug-likeness (QED) is 0.556. The molecule has 0 fully saturated rings. The van der Waals surface area contributed by atoms with Gasteiger partial charge in [-0.25, -0.2) is 0 Å². The summed E-state index contributed by atoms with van der Waals surface area (Å²) >= 11 is 6.06. The minimum Gasteiger partial charge on any atom is -0.493 e. The van der Waals surface area contributed by atoms with E-state index in [0.717, 1.165) is 29.2 Å². The second kappa shape index (κ2) is 9.45. The van der Waals surface area contributed by atoms with E-state index in [2.05, 4.69) is 42.6 Å². The summed E-state index contributed by atoms with van der Waals surface area (Å²) in [5.41, 5.74) is 4.60. The van der Waals surface area contributed by atoms with E-state index in [1.165, 1.54) is 11.1 Å². The van der Waals surface area contributed by atoms with Crippen molar-refractivity contribution in [1.82, 2.24) is 5.32 Å². The Balaban J connectivity index is 1.68. The van der Waals surface area contributed by atoms with Crippen LogP contribution in [0.3, 0.4) is 0 Å². The van der Waals surface area contributed by atoms with Gasteiger partial charge in [-0.3, -0.25) is 0 Å². The van der Waals surface area contributed by atoms with Crippen LogP contribution in [-0.2, 0) is 19.7 Å². The van der Waals surface area contributed by atoms with Crippen molar-refractivity contribution in [3.8, 4) is 11.5 Å². The zero-order valence-electron chi connectivity index (χ0n) is 15.7. The van der Waals surface area contributed by atoms with Gasteiger partial charge in [0.15, 0.2) is 11.5 Å². The van der Waals surface area contributed by atoms with E-state index in [-0.39, 0.29) is 0 Å². The Labute approximate surface area is 165 Å². The molecule has 1 N–H and O–H groups in total. The highest BCUT2D eigenvalue weighted by atomic mass is 35.5. The second-order valence-corrected chi connectivity index (χ2v) is 6.89. The van der Waals surface area contributed by atoms with Gasteiger partial charge in [-0.2, -0.15) is 0 Å². The molecule has 3 aromatic rings. The lowest BCUT2D eigenvalue weighted by Crippen LogP contribution is -2.14. The molecule has 0 amide bonds. The summed E-state index contributed by atoms with van der Waals surface area (Å²) in [5, 5.41) is 4.18. The first-order chi connectivity index (χ1) is 13.2. The number of nitrogens with one attached hydrogen (secondary N) is 1. The highest BCUT2D eigenvalue weighted by molar-refractivity contribution is 6.30. The average Bonchev–Trinajstić information content (AvgIpc) is 2.68. The second-order valence-electron chi connectivity index (χ2n) is 6.46. The summed E-state index contributed by atoms with van der Waals surface area (Å²) in [4.78, 5) is 0. The van der Waals surface area contributed by atoms with Crippen LogP contribution in [0.25, 0.3) is 0 Å². The molecule has 0 aromatic heterocycles. The summed E-state index contributed by atoms with van der Waals surface area (Å²) in [7, 11) is 1.66. The van der Waals surface area contributed by atoms with E-state index in [1.54, 1.807) is 7.11 Å². The third-order valence-electron chi connectivity index (χ3n) is 4.32. The highest BCUT2D eigenvalue weighted by Gasteiger charge is 2.11. The number of halogens is 1. The largest absolute Gasteiger partial charge is 0.493 e. The Morgan fingerprint density at radius 2 is 1.67 bits per heavy atom. The molecule has 0 aliphatic heterocycles. The first-order valence-corrected chi connectivity index (χ1v) is 9.33. The Kier molecular flexibility index (Phi) is 6.74. The first-order valence-electron chi connectivity index (χ1n) is 8.95. The Morgan fingerprint density at radius 3 is 2.41 bits per heavy atom. The van der Waals surface area contributed by atoms with E-state index < -0.39 is 0 Å². The molecule has 27 heavy (non-hydrogen) atoms. The van der Waals surface area contributed by atoms with Gasteiger partial charge >= 0.3 is 0 Å². The van der Waals surface area contributed by atoms with Crippen molar-refractivity contribution < 1.29 is 9.47 Å². The lowest BCUT2D eigenvalue weighted by Gasteiger charge is -2.16. The fourth-order valence-electron chi connectivity index (χ4n) is 2.85. The van der Waals surface area contributed by atoms with E-state index in [9.17, 15) is 0 Å². The average molecular weight is 382 g/mol. The molecule has 3 aromatic carbocycles. The Hall–Kier alpha value is -2.49. The summed E-state index contributed by atoms with van der Waals surface area (Å²) in [6.45, 7) is 4.02. The maximum Gasteiger partial charge on any atom is 0.166 e. The minimum atomic E-state index is 0.436. The molecule has 0 bridgehead atoms. The van der Waals surface area contributed by atoms with E-state index >= 15 is 0 Å². The number of ether oxygens (including phenoxy) is 2. The third-order valence-corrected chi connectivity index (χ3v) is 4.55. The van der Waals surface area contributed by atoms with Crippen molar-refractivity contribution in [2.45, 2.75) is 26.6 Å². The predicted octanol–water partition coefficient (Wildman–Crippen LogP) is 5.53. The summed E-state index contributed by atoms with van der Waals surface area (Å²) < 4.78 is 11.6. The molecule has 0 saturated carbocycles. The van der Waals surface area contributed by atoms with Gasteiger partial charge in [0.2, 0.25) is 0 Å². The Morgan fingerprint density at radius 1 is 0.889 bits per heavy atom. The smallest absolute Gasteiger partial charge is 0.166 e. The number of methoxy groups -OCH3 is 1. The van der Waals surface area contributed by atoms with Gasteiger partial charge in [-0.15, -0.1) is 0 Å². The maximum atomic E-state index is 6.10. The van der Waals surface area contributed by atoms with Gasteiger partial charge in [-0.05, 0) is 36.2 Å². The molecule has 3 rings (SSSR count). The number of rotatable bonds is 8. The third kappa shape index (κ3) is 5.49. The van der Waals surface area contributed by atoms with Crippen LogP contribution < -0.4 is 14.8 Å². The van der Waals surface area contributed by atoms with Crippen molar-refractivity contribution >= 4 is 11.6 Å². The molecule has 3 nitrogen and oxygen atoms in total. The fraction of sp³-hybridized carbons (Fsp3) is 0.217. The summed E-state index contributed by atoms with van der Waals surface area (Å²) in [6.07, 6.45) is 0. The molecule has 0 atom stereocenters. The molecule has 0 saturated heterocycles. The zero-order chi connectivity index (χ0) is 19.1. The molecule has 4 heteroatoms. The van der Waals surface area contributed by atoms with Crippen molar-refractivity contribution in [3.05, 3.63) is 94.0 Å². The molecule has 0 radical (unpaired) electrons. The molecular weight excluding hydrogens is 358 g/mol. The predicted molar refractivity (Wildman–Crippen MR) is 111 cm³/mol. The van der Waals surface area contributed by atoms with Crippen molar-refractivity contribution in [3.63, 3.8) is 0 Å². The maximum absolute atomic E-state index is 6.10. The van der Waals surface area contributed by atoms with Crippen LogP contribution in [-0.4, -0.2) is 7.11 Å². The SMILES string of the molecule is COc1cccc(CNCc2ccc(C)cc2)c1OCc1cccc(Cl)c1. The zero-order valence-corrected chi connectivity index (χ0v) is 16.4. The monoisotopic (exact) mass is 381 g/mol. The van der Waals surface area contributed by atoms with Crippen LogP contribution in [0.15, 0.2) is 66.7 Å². The number of hydrogen-bond acceptors (Lipinski definition) is 3. The lowest BCUT2D eigenvalue weighted by molar-refractivity contribution is 0.280. The topological polar surface area (TPSA) is 30.5 Å². The molecule has 0 aliphatic carbocycles. The molecule has 0 heterocycles. The lowest BCUT2D eigenvalue weighted by atomic mass is 10.1. The minimum absolute atomic E-state index is 0.436. The van der Waals surface area contributed by atoms with Crippen LogP contribution in [0.1, 0.15) is 22.3 Å². The van der Waals surface area contributed by atoms with Gasteiger partial charge in [-0.1, -0.05) is 65.7 Å². The number of aryl methyl sites for hydroxylation is 1. The first kappa shape index (κ1) is 19.3. The van der Waals surface area contributed by atoms with Gasteiger partial charge in [0.25, 0.3) is 0 Å². The number of para-hydroxylation sites is 1. The molecule has 0 aliphatic rings. The van der Waals surface area contributed by atoms with Crippen LogP contribution >= 0.6 is 11.6 Å². The van der Waals surface area contributed by atoms with Crippen molar-refractivity contribution in [2.24, 2.45) is 0 Å². The van der Waals surface area contributed by atoms with Crippen LogP contribution in [0.4, 0.5) is 0 Å². The van der Waals surface area contributed by atoms with Crippen LogP contribution in [0.5, 0.6) is 11.5 Å². The number of benzene rings is 3. The molecule has 0 spiro atoms. The van der Waals surface area contributed by atoms with E-state index in [1.807, 2.05) is 36.4 Å². The van der Waals surface area contributed by atoms with Crippen LogP contribution in [0.2, 0.25) is 5.02 Å². The van der Waals surface area contributed by atoms with Crippen LogP contribution in [0, 0.1) is 6.92 Å². The van der Waals surface area contributed by atoms with Gasteiger partial charge < -0.3 is 14.8 Å². The molecular formula is C23H24ClNO2. The fourth-order valence-corrected chi connectivity index (χ4v) is 3.07. The van der Waals surface area contributed by atoms with Crippen molar-refractivity contribution in [2.75, 3.05) is 7.11 Å². The van der Waals surface area contributed by atoms with Gasteiger partial charge in [0, 0.05) is 23.7 Å². The Bertz CT molecular complexity index is 878. The number of hydrogen-bond donors (Lipinski definition) is 1. The molecule has 0 unspecified atom stereocenters. The van der Waals surface area contributed by atoms with E-state index in [4.69, 9.17) is 21.1 Å². The summed E-state index contributed by atoms with van der Waals surface area (Å²) in [6, 6.07) is 22.2. The van der Waals surface area contributed by atoms with E-state index in [0.29, 0.717) is 18.2 Å². The molecule has 140 valence electrons. The van der Waals surface area contributed by atoms with Gasteiger partial charge in [0.05, 0.1) is 7.11 Å². The summed E-state index contributed by atoms with van der Waals surface area (Å²) in [5.74, 6) is 1.49. The normalized spacial score (nSPS) is 10.6. The van der Waals surface area contributed by atoms with Gasteiger partial charge in [0.1, 0.15) is 6.61 Å².